The number of hydrogen-bond acceptors (Lipinski definition) is 18. The van der Waals surface area contributed by atoms with E-state index in [1.165, 1.54) is 7.11 Å². The van der Waals surface area contributed by atoms with Crippen molar-refractivity contribution in [3.63, 3.8) is 0 Å². The van der Waals surface area contributed by atoms with E-state index in [-0.39, 0.29) is 81.8 Å². The summed E-state index contributed by atoms with van der Waals surface area (Å²) >= 11 is 0. The number of ether oxygens (including phenoxy) is 4. The van der Waals surface area contributed by atoms with E-state index in [9.17, 15) is 33.6 Å². The molecule has 0 bridgehead atoms. The SMILES string of the molecule is CCCCCC(=O)Nc1cccc(CN(Cc2cc(CN(Cc3cccc(NC(=O)CCCCC)n3)Cc3ncc[nH]3)cc(OCCCCNC(=O)CCC(=O)N(CCCC(=O)OC)C3(C(=O)NCCN4CCOCC4)CCN(C(=O)OCC4C5CCC#CCCC54)CC3)c2)Cc2ncc[nH]2)n1. The zero-order valence-electron chi connectivity index (χ0n) is 60.1. The summed E-state index contributed by atoms with van der Waals surface area (Å²) in [4.78, 5) is 130. The van der Waals surface area contributed by atoms with Crippen molar-refractivity contribution >= 4 is 53.2 Å². The smallest absolute Gasteiger partial charge is 0.409 e. The normalized spacial score (nSPS) is 17.1. The van der Waals surface area contributed by atoms with Crippen LogP contribution in [0.3, 0.4) is 0 Å². The molecule has 1 saturated carbocycles. The first-order valence-corrected chi connectivity index (χ1v) is 37.0. The molecular weight excluding hydrogens is 1300 g/mol. The molecule has 0 radical (unpaired) electrons. The lowest BCUT2D eigenvalue weighted by Crippen LogP contribution is -2.65. The number of likely N-dealkylation sites (tertiary alicyclic amines) is 1. The Labute approximate surface area is 600 Å². The van der Waals surface area contributed by atoms with Crippen LogP contribution in [0.2, 0.25) is 0 Å². The second kappa shape index (κ2) is 41.4. The maximum absolute atomic E-state index is 14.8. The number of unbranched alkanes of at least 4 members (excludes halogenated alkanes) is 5. The molecule has 6 heterocycles. The predicted molar refractivity (Wildman–Crippen MR) is 385 cm³/mol. The number of pyridine rings is 2. The van der Waals surface area contributed by atoms with Gasteiger partial charge >= 0.3 is 12.1 Å². The first kappa shape index (κ1) is 77.4. The van der Waals surface area contributed by atoms with E-state index in [4.69, 9.17) is 28.9 Å². The van der Waals surface area contributed by atoms with Crippen LogP contribution in [0, 0.1) is 29.6 Å². The molecule has 5 aromatic rings. The number of nitrogens with one attached hydrogen (secondary N) is 6. The summed E-state index contributed by atoms with van der Waals surface area (Å²) in [6.07, 6.45) is 18.2. The molecule has 26 heteroatoms. The Balaban J connectivity index is 0.853. The van der Waals surface area contributed by atoms with E-state index in [2.05, 4.69) is 87.7 Å². The number of carbonyl (C=O) groups is 7. The summed E-state index contributed by atoms with van der Waals surface area (Å²) in [6.45, 7) is 11.9. The van der Waals surface area contributed by atoms with Gasteiger partial charge in [-0.25, -0.2) is 24.7 Å². The van der Waals surface area contributed by atoms with Crippen molar-refractivity contribution in [2.75, 3.05) is 96.5 Å². The molecule has 2 aliphatic carbocycles. The number of hydrogen-bond donors (Lipinski definition) is 6. The molecule has 552 valence electrons. The molecule has 3 fully saturated rings. The van der Waals surface area contributed by atoms with Gasteiger partial charge in [-0.15, -0.1) is 11.8 Å². The Hall–Kier alpha value is -8.77. The second-order valence-electron chi connectivity index (χ2n) is 27.2. The Kier molecular flexibility index (Phi) is 31.4. The number of benzene rings is 1. The van der Waals surface area contributed by atoms with Crippen LogP contribution in [0.25, 0.3) is 0 Å². The van der Waals surface area contributed by atoms with Crippen molar-refractivity contribution in [1.82, 2.24) is 65.0 Å². The highest BCUT2D eigenvalue weighted by atomic mass is 16.6. The Morgan fingerprint density at radius 3 is 1.80 bits per heavy atom. The molecular formula is C76H107N15O11. The van der Waals surface area contributed by atoms with Crippen LogP contribution in [-0.4, -0.2) is 187 Å². The fourth-order valence-electron chi connectivity index (χ4n) is 13.9. The second-order valence-corrected chi connectivity index (χ2v) is 27.2. The number of imidazole rings is 2. The van der Waals surface area contributed by atoms with Gasteiger partial charge in [0.2, 0.25) is 29.5 Å². The van der Waals surface area contributed by atoms with Crippen LogP contribution < -0.4 is 26.0 Å². The summed E-state index contributed by atoms with van der Waals surface area (Å²) in [6, 6.07) is 17.6. The minimum Gasteiger partial charge on any atom is -0.494 e. The summed E-state index contributed by atoms with van der Waals surface area (Å²) in [7, 11) is 1.31. The van der Waals surface area contributed by atoms with Gasteiger partial charge in [0.15, 0.2) is 0 Å². The monoisotopic (exact) mass is 1410 g/mol. The average Bonchev–Trinajstić information content (AvgIpc) is 1.26. The fraction of sp³-hybridized carbons (Fsp3) is 0.592. The maximum Gasteiger partial charge on any atom is 0.409 e. The number of aromatic nitrogens is 6. The van der Waals surface area contributed by atoms with Crippen LogP contribution in [0.4, 0.5) is 16.4 Å². The maximum atomic E-state index is 14.8. The van der Waals surface area contributed by atoms with E-state index in [1.54, 1.807) is 46.7 Å². The molecule has 0 spiro atoms. The summed E-state index contributed by atoms with van der Waals surface area (Å²) in [5.74, 6) is 9.34. The summed E-state index contributed by atoms with van der Waals surface area (Å²) < 4.78 is 23.0. The van der Waals surface area contributed by atoms with Gasteiger partial charge < -0.3 is 60.0 Å². The zero-order valence-corrected chi connectivity index (χ0v) is 60.1. The molecule has 4 aliphatic rings. The van der Waals surface area contributed by atoms with Crippen LogP contribution >= 0.6 is 0 Å². The van der Waals surface area contributed by atoms with E-state index in [0.717, 1.165) is 111 Å². The molecule has 2 atom stereocenters. The van der Waals surface area contributed by atoms with Gasteiger partial charge in [0, 0.05) is 148 Å². The summed E-state index contributed by atoms with van der Waals surface area (Å²) in [5, 5.41) is 12.1. The number of H-pyrrole nitrogens is 2. The minimum absolute atomic E-state index is 0.0167. The number of aromatic amines is 2. The number of piperidine rings is 1. The average molecular weight is 1410 g/mol. The molecule has 2 aliphatic heterocycles. The Morgan fingerprint density at radius 1 is 0.647 bits per heavy atom. The first-order chi connectivity index (χ1) is 49.8. The highest BCUT2D eigenvalue weighted by molar-refractivity contribution is 5.93. The number of fused-ring (bicyclic) bond motifs is 1. The third-order valence-corrected chi connectivity index (χ3v) is 19.5. The molecule has 4 aromatic heterocycles. The highest BCUT2D eigenvalue weighted by Gasteiger charge is 2.51. The number of esters is 1. The highest BCUT2D eigenvalue weighted by Crippen LogP contribution is 2.52. The standard InChI is InChI=1S/C76H107N15O11/c1-4-6-10-25-70(93)85-65-23-16-19-59(83-65)52-88(54-67-77-33-34-78-67)50-57-47-58(51-89(55-68-79-35-36-80-68)53-60-20-17-24-66(84-60)86-71(94)26-11-7-5-2)49-61(48-57)101-44-15-14-32-81-69(92)28-29-72(95)91(38-18-27-73(96)99-3)76(74(97)82-37-41-87-42-45-100-46-43-87)30-39-90(40-31-76)75(98)102-56-64-62-21-12-8-9-13-22-63(62)64/h16-17,19-20,23-24,33-36,47-49,62-64H,4-7,10-15,18,21-22,25-32,37-46,50-56H2,1-3H3,(H,77,78)(H,79,80)(H,81,92)(H,82,97)(H,83,85,93)(H,84,86,94). The summed E-state index contributed by atoms with van der Waals surface area (Å²) in [5.41, 5.74) is 2.09. The molecule has 2 saturated heterocycles. The quantitative estimate of drug-likeness (QED) is 0.0121. The number of amides is 6. The van der Waals surface area contributed by atoms with Crippen molar-refractivity contribution in [3.05, 3.63) is 114 Å². The van der Waals surface area contributed by atoms with Gasteiger partial charge in [-0.1, -0.05) is 57.7 Å². The molecule has 6 amide bonds. The Bertz CT molecular complexity index is 3360. The third-order valence-electron chi connectivity index (χ3n) is 19.5. The lowest BCUT2D eigenvalue weighted by Gasteiger charge is -2.47. The zero-order chi connectivity index (χ0) is 71.7. The van der Waals surface area contributed by atoms with Crippen LogP contribution in [-0.2, 0) is 82.2 Å². The number of anilines is 2. The van der Waals surface area contributed by atoms with Gasteiger partial charge in [0.05, 0.1) is 58.0 Å². The van der Waals surface area contributed by atoms with Crippen molar-refractivity contribution in [2.45, 2.75) is 187 Å². The number of carbonyl (C=O) groups excluding carboxylic acids is 7. The lowest BCUT2D eigenvalue weighted by atomic mass is 9.83. The van der Waals surface area contributed by atoms with Crippen LogP contribution in [0.15, 0.2) is 79.4 Å². The number of morpholine rings is 1. The number of rotatable bonds is 42. The first-order valence-electron chi connectivity index (χ1n) is 37.0. The molecule has 6 N–H and O–H groups in total. The van der Waals surface area contributed by atoms with Crippen molar-refractivity contribution in [2.24, 2.45) is 17.8 Å². The molecule has 9 rings (SSSR count). The van der Waals surface area contributed by atoms with Gasteiger partial charge in [0.25, 0.3) is 0 Å². The van der Waals surface area contributed by atoms with E-state index < -0.39 is 23.5 Å². The topological polar surface area (TPSA) is 304 Å². The molecule has 26 nitrogen and oxygen atoms in total. The van der Waals surface area contributed by atoms with Gasteiger partial charge in [-0.2, -0.15) is 0 Å². The lowest BCUT2D eigenvalue weighted by molar-refractivity contribution is -0.152. The molecule has 1 aromatic carbocycles. The predicted octanol–water partition coefficient (Wildman–Crippen LogP) is 9.06. The molecule has 2 unspecified atom stereocenters. The van der Waals surface area contributed by atoms with Crippen molar-refractivity contribution in [3.8, 4) is 17.6 Å². The Morgan fingerprint density at radius 2 is 1.25 bits per heavy atom. The van der Waals surface area contributed by atoms with Crippen LogP contribution in [0.5, 0.6) is 5.75 Å². The number of nitrogens with zero attached hydrogens (tertiary/aromatic N) is 9. The number of methoxy groups -OCH3 is 1. The largest absolute Gasteiger partial charge is 0.494 e. The van der Waals surface area contributed by atoms with Crippen molar-refractivity contribution in [1.29, 1.82) is 0 Å². The van der Waals surface area contributed by atoms with E-state index in [0.29, 0.717) is 146 Å². The van der Waals surface area contributed by atoms with Crippen molar-refractivity contribution < 1.29 is 52.5 Å². The van der Waals surface area contributed by atoms with Gasteiger partial charge in [-0.3, -0.25) is 43.5 Å². The van der Waals surface area contributed by atoms with E-state index in [1.807, 2.05) is 36.4 Å². The van der Waals surface area contributed by atoms with Gasteiger partial charge in [-0.05, 0) is 123 Å². The van der Waals surface area contributed by atoms with Crippen LogP contribution in [0.1, 0.15) is 176 Å². The fourth-order valence-corrected chi connectivity index (χ4v) is 13.9. The third kappa shape index (κ3) is 25.3. The van der Waals surface area contributed by atoms with E-state index >= 15 is 0 Å². The van der Waals surface area contributed by atoms with Gasteiger partial charge in [0.1, 0.15) is 34.6 Å². The molecule has 102 heavy (non-hydrogen) atoms. The minimum atomic E-state index is -1.37.